The number of carboxylic acid groups (broad SMARTS) is 1. The summed E-state index contributed by atoms with van der Waals surface area (Å²) in [5.74, 6) is -0.382. The average molecular weight is 330 g/mol. The number of hydrogen-bond acceptors (Lipinski definition) is 3. The van der Waals surface area contributed by atoms with E-state index in [0.29, 0.717) is 22.7 Å². The molecule has 0 radical (unpaired) electrons. The molecule has 0 bridgehead atoms. The number of rotatable bonds is 12. The molecule has 0 heterocycles. The number of carbonyl (C=O) groups excluding carboxylic acids is 1. The molecule has 0 aliphatic carbocycles. The van der Waals surface area contributed by atoms with E-state index >= 15 is 0 Å². The molecule has 0 aliphatic rings. The number of aliphatic hydroxyl groups is 1. The lowest BCUT2D eigenvalue weighted by atomic mass is 9.87. The topological polar surface area (TPSA) is 74.6 Å². The largest absolute Gasteiger partial charge is 0.481 e. The smallest absolute Gasteiger partial charge is 0.306 e. The van der Waals surface area contributed by atoms with E-state index in [1.54, 1.807) is 0 Å². The number of ketones is 1. The third kappa shape index (κ3) is 10.4. The molecule has 0 amide bonds. The van der Waals surface area contributed by atoms with E-state index in [4.69, 9.17) is 5.11 Å². The van der Waals surface area contributed by atoms with Crippen LogP contribution in [0, 0.1) is 11.8 Å². The zero-order valence-corrected chi connectivity index (χ0v) is 15.8. The molecule has 0 saturated carbocycles. The van der Waals surface area contributed by atoms with Gasteiger partial charge in [0, 0.05) is 6.42 Å². The molecule has 0 fully saturated rings. The summed E-state index contributed by atoms with van der Waals surface area (Å²) in [5.41, 5.74) is -1.78. The zero-order chi connectivity index (χ0) is 18.3. The SMILES string of the molecule is CC(C)CCCC(C)CCC(=O)[C@@](O)(CC(=O)O)C[N+](C)(C)C. The number of carboxylic acids is 1. The van der Waals surface area contributed by atoms with Crippen LogP contribution >= 0.6 is 0 Å². The van der Waals surface area contributed by atoms with Gasteiger partial charge in [0.1, 0.15) is 6.54 Å². The van der Waals surface area contributed by atoms with Crippen molar-refractivity contribution in [3.63, 3.8) is 0 Å². The second-order valence-electron chi connectivity index (χ2n) is 8.44. The van der Waals surface area contributed by atoms with E-state index in [1.807, 2.05) is 21.1 Å². The summed E-state index contributed by atoms with van der Waals surface area (Å²) in [7, 11) is 5.53. The summed E-state index contributed by atoms with van der Waals surface area (Å²) in [6.45, 7) is 6.62. The van der Waals surface area contributed by atoms with Gasteiger partial charge in [-0.3, -0.25) is 9.59 Å². The minimum Gasteiger partial charge on any atom is -0.481 e. The number of likely N-dealkylation sites (N-methyl/N-ethyl adjacent to an activating group) is 1. The first-order chi connectivity index (χ1) is 10.4. The first-order valence-electron chi connectivity index (χ1n) is 8.63. The summed E-state index contributed by atoms with van der Waals surface area (Å²) in [6, 6.07) is 0. The van der Waals surface area contributed by atoms with Crippen molar-refractivity contribution in [2.75, 3.05) is 27.7 Å². The first-order valence-corrected chi connectivity index (χ1v) is 8.63. The highest BCUT2D eigenvalue weighted by Gasteiger charge is 2.42. The van der Waals surface area contributed by atoms with Crippen molar-refractivity contribution in [1.29, 1.82) is 0 Å². The maximum Gasteiger partial charge on any atom is 0.306 e. The van der Waals surface area contributed by atoms with Crippen molar-refractivity contribution in [2.24, 2.45) is 11.8 Å². The van der Waals surface area contributed by atoms with Crippen LogP contribution in [0.5, 0.6) is 0 Å². The summed E-state index contributed by atoms with van der Waals surface area (Å²) in [6.07, 6.45) is 3.82. The monoisotopic (exact) mass is 330 g/mol. The molecule has 0 aliphatic heterocycles. The van der Waals surface area contributed by atoms with Crippen LogP contribution in [0.15, 0.2) is 0 Å². The fourth-order valence-electron chi connectivity index (χ4n) is 2.91. The molecule has 0 aromatic rings. The van der Waals surface area contributed by atoms with E-state index < -0.39 is 18.0 Å². The highest BCUT2D eigenvalue weighted by molar-refractivity contribution is 5.91. The van der Waals surface area contributed by atoms with Crippen LogP contribution in [0.1, 0.15) is 59.3 Å². The Hall–Kier alpha value is -0.940. The van der Waals surface area contributed by atoms with Gasteiger partial charge in [-0.2, -0.15) is 0 Å². The van der Waals surface area contributed by atoms with Gasteiger partial charge < -0.3 is 14.7 Å². The Kier molecular flexibility index (Phi) is 9.00. The van der Waals surface area contributed by atoms with Crippen LogP contribution in [-0.2, 0) is 9.59 Å². The highest BCUT2D eigenvalue weighted by atomic mass is 16.4. The first kappa shape index (κ1) is 22.1. The lowest BCUT2D eigenvalue weighted by molar-refractivity contribution is -0.875. The predicted molar refractivity (Wildman–Crippen MR) is 92.2 cm³/mol. The Morgan fingerprint density at radius 3 is 2.04 bits per heavy atom. The Balaban J connectivity index is 4.57. The van der Waals surface area contributed by atoms with Crippen molar-refractivity contribution in [2.45, 2.75) is 64.9 Å². The van der Waals surface area contributed by atoms with Crippen molar-refractivity contribution < 1.29 is 24.3 Å². The molecule has 0 aromatic carbocycles. The van der Waals surface area contributed by atoms with Crippen molar-refractivity contribution in [3.05, 3.63) is 0 Å². The second kappa shape index (κ2) is 9.38. The molecule has 2 N–H and O–H groups in total. The maximum atomic E-state index is 12.4. The molecular formula is C18H36NO4+. The average Bonchev–Trinajstić information content (AvgIpc) is 2.31. The molecule has 23 heavy (non-hydrogen) atoms. The number of carbonyl (C=O) groups is 2. The maximum absolute atomic E-state index is 12.4. The molecule has 1 unspecified atom stereocenters. The number of Topliss-reactive ketones (excluding diaryl/α,β-unsaturated/α-hetero) is 1. The van der Waals surface area contributed by atoms with Crippen LogP contribution in [0.2, 0.25) is 0 Å². The fourth-order valence-corrected chi connectivity index (χ4v) is 2.91. The van der Waals surface area contributed by atoms with Gasteiger partial charge in [0.05, 0.1) is 27.6 Å². The lowest BCUT2D eigenvalue weighted by Crippen LogP contribution is -2.54. The molecule has 136 valence electrons. The molecule has 0 aromatic heterocycles. The minimum absolute atomic E-state index is 0.111. The molecule has 0 rings (SSSR count). The van der Waals surface area contributed by atoms with Crippen LogP contribution < -0.4 is 0 Å². The Bertz CT molecular complexity index is 387. The van der Waals surface area contributed by atoms with E-state index in [-0.39, 0.29) is 18.7 Å². The summed E-state index contributed by atoms with van der Waals surface area (Å²) in [4.78, 5) is 23.5. The van der Waals surface area contributed by atoms with Gasteiger partial charge in [0.25, 0.3) is 0 Å². The fraction of sp³-hybridized carbons (Fsp3) is 0.889. The number of hydrogen-bond donors (Lipinski definition) is 2. The van der Waals surface area contributed by atoms with Gasteiger partial charge >= 0.3 is 5.97 Å². The van der Waals surface area contributed by atoms with Gasteiger partial charge in [0.2, 0.25) is 0 Å². The molecular weight excluding hydrogens is 294 g/mol. The number of nitrogens with zero attached hydrogens (tertiary/aromatic N) is 1. The Morgan fingerprint density at radius 1 is 1.04 bits per heavy atom. The number of aliphatic carboxylic acids is 1. The summed E-state index contributed by atoms with van der Waals surface area (Å²) in [5, 5.41) is 19.6. The molecule has 5 nitrogen and oxygen atoms in total. The van der Waals surface area contributed by atoms with Gasteiger partial charge in [-0.15, -0.1) is 0 Å². The van der Waals surface area contributed by atoms with E-state index in [0.717, 1.165) is 12.8 Å². The minimum atomic E-state index is -1.78. The van der Waals surface area contributed by atoms with Gasteiger partial charge in [-0.25, -0.2) is 0 Å². The van der Waals surface area contributed by atoms with Crippen molar-refractivity contribution in [1.82, 2.24) is 0 Å². The van der Waals surface area contributed by atoms with Crippen molar-refractivity contribution >= 4 is 11.8 Å². The highest BCUT2D eigenvalue weighted by Crippen LogP contribution is 2.22. The van der Waals surface area contributed by atoms with Crippen LogP contribution in [-0.4, -0.2) is 59.7 Å². The lowest BCUT2D eigenvalue weighted by Gasteiger charge is -2.34. The molecule has 5 heteroatoms. The molecule has 2 atom stereocenters. The van der Waals surface area contributed by atoms with Crippen LogP contribution in [0.3, 0.4) is 0 Å². The van der Waals surface area contributed by atoms with E-state index in [9.17, 15) is 14.7 Å². The quantitative estimate of drug-likeness (QED) is 0.540. The zero-order valence-electron chi connectivity index (χ0n) is 15.8. The van der Waals surface area contributed by atoms with E-state index in [2.05, 4.69) is 20.8 Å². The van der Waals surface area contributed by atoms with Gasteiger partial charge in [0.15, 0.2) is 11.4 Å². The predicted octanol–water partition coefficient (Wildman–Crippen LogP) is 2.71. The van der Waals surface area contributed by atoms with Crippen LogP contribution in [0.4, 0.5) is 0 Å². The van der Waals surface area contributed by atoms with Gasteiger partial charge in [-0.05, 0) is 18.3 Å². The van der Waals surface area contributed by atoms with Gasteiger partial charge in [-0.1, -0.05) is 40.0 Å². The third-order valence-electron chi connectivity index (χ3n) is 4.04. The molecule has 0 saturated heterocycles. The summed E-state index contributed by atoms with van der Waals surface area (Å²) < 4.78 is 0.347. The Labute approximate surface area is 141 Å². The normalized spacial score (nSPS) is 16.2. The number of quaternary nitrogens is 1. The Morgan fingerprint density at radius 2 is 1.61 bits per heavy atom. The van der Waals surface area contributed by atoms with Crippen LogP contribution in [0.25, 0.3) is 0 Å². The summed E-state index contributed by atoms with van der Waals surface area (Å²) >= 11 is 0. The second-order valence-corrected chi connectivity index (χ2v) is 8.44. The third-order valence-corrected chi connectivity index (χ3v) is 4.04. The van der Waals surface area contributed by atoms with E-state index in [1.165, 1.54) is 6.42 Å². The van der Waals surface area contributed by atoms with Crippen molar-refractivity contribution in [3.8, 4) is 0 Å². The standard InChI is InChI=1S/C18H35NO4/c1-14(2)8-7-9-15(3)10-11-16(20)18(23,12-17(21)22)13-19(4,5)6/h14-15,23H,7-13H2,1-6H3/p+1/t15?,18-/m1/s1. The molecule has 0 spiro atoms.